The molecule has 0 aliphatic rings. The minimum Gasteiger partial charge on any atom is -0.394 e. The molecule has 0 bridgehead atoms. The number of halogens is 7. The minimum atomic E-state index is -4.64. The minimum absolute atomic E-state index is 0.0365. The molecular formula is C22H19ClF6N4O3. The second kappa shape index (κ2) is 10.7. The summed E-state index contributed by atoms with van der Waals surface area (Å²) in [6.07, 6.45) is -10.5. The zero-order chi connectivity index (χ0) is 26.7. The van der Waals surface area contributed by atoms with Gasteiger partial charge in [-0.2, -0.15) is 26.3 Å². The molecule has 1 unspecified atom stereocenters. The van der Waals surface area contributed by atoms with Crippen LogP contribution in [0, 0.1) is 0 Å². The lowest BCUT2D eigenvalue weighted by Gasteiger charge is -2.18. The molecule has 0 aliphatic carbocycles. The Morgan fingerprint density at radius 3 is 2.33 bits per heavy atom. The summed E-state index contributed by atoms with van der Waals surface area (Å²) >= 11 is 5.83. The van der Waals surface area contributed by atoms with E-state index in [9.17, 15) is 41.0 Å². The van der Waals surface area contributed by atoms with Gasteiger partial charge in [0.25, 0.3) is 0 Å². The summed E-state index contributed by atoms with van der Waals surface area (Å²) in [6, 6.07) is 8.50. The first-order valence-electron chi connectivity index (χ1n) is 10.4. The number of rotatable bonds is 8. The third kappa shape index (κ3) is 6.88. The third-order valence-corrected chi connectivity index (χ3v) is 5.32. The molecule has 36 heavy (non-hydrogen) atoms. The summed E-state index contributed by atoms with van der Waals surface area (Å²) in [7, 11) is 0. The Labute approximate surface area is 204 Å². The highest BCUT2D eigenvalue weighted by molar-refractivity contribution is 6.30. The van der Waals surface area contributed by atoms with Gasteiger partial charge in [0.05, 0.1) is 24.6 Å². The van der Waals surface area contributed by atoms with Crippen LogP contribution in [0.1, 0.15) is 23.6 Å². The smallest absolute Gasteiger partial charge is 0.394 e. The number of amides is 1. The van der Waals surface area contributed by atoms with Gasteiger partial charge in [0.2, 0.25) is 5.91 Å². The third-order valence-electron chi connectivity index (χ3n) is 5.07. The van der Waals surface area contributed by atoms with Crippen molar-refractivity contribution in [1.29, 1.82) is 0 Å². The maximum Gasteiger partial charge on any atom is 0.416 e. The van der Waals surface area contributed by atoms with Gasteiger partial charge in [0, 0.05) is 17.1 Å². The molecule has 0 radical (unpaired) electrons. The number of benzene rings is 2. The van der Waals surface area contributed by atoms with Gasteiger partial charge in [0.1, 0.15) is 6.54 Å². The molecule has 0 spiro atoms. The number of carbonyl (C=O) groups is 1. The van der Waals surface area contributed by atoms with Crippen LogP contribution < -0.4 is 11.0 Å². The summed E-state index contributed by atoms with van der Waals surface area (Å²) in [5, 5.41) is 16.2. The maximum absolute atomic E-state index is 13.0. The fraction of sp³-hybridized carbons (Fsp3) is 0.318. The molecule has 0 fully saturated rings. The van der Waals surface area contributed by atoms with Crippen LogP contribution in [0.15, 0.2) is 53.3 Å². The van der Waals surface area contributed by atoms with E-state index >= 15 is 0 Å². The molecule has 0 saturated heterocycles. The lowest BCUT2D eigenvalue weighted by Crippen LogP contribution is -2.37. The van der Waals surface area contributed by atoms with Crippen molar-refractivity contribution in [2.24, 2.45) is 0 Å². The van der Waals surface area contributed by atoms with Crippen LogP contribution in [0.25, 0.3) is 11.4 Å². The van der Waals surface area contributed by atoms with Crippen LogP contribution in [0.5, 0.6) is 0 Å². The average Bonchev–Trinajstić information content (AvgIpc) is 3.10. The first-order valence-corrected chi connectivity index (χ1v) is 10.7. The summed E-state index contributed by atoms with van der Waals surface area (Å²) in [5.41, 5.74) is -1.75. The van der Waals surface area contributed by atoms with Crippen molar-refractivity contribution in [3.63, 3.8) is 0 Å². The van der Waals surface area contributed by atoms with E-state index in [-0.39, 0.29) is 17.0 Å². The van der Waals surface area contributed by atoms with E-state index in [0.717, 1.165) is 22.8 Å². The Morgan fingerprint density at radius 1 is 1.08 bits per heavy atom. The van der Waals surface area contributed by atoms with Crippen LogP contribution in [0.4, 0.5) is 26.3 Å². The van der Waals surface area contributed by atoms with Gasteiger partial charge in [0.15, 0.2) is 5.82 Å². The SMILES string of the molecule is O=C(Cn1nc(-c2ccc(Cl)cc2)n(CCC(F)(F)F)c1=O)NC(CO)c1cccc(C(F)(F)F)c1. The highest BCUT2D eigenvalue weighted by Gasteiger charge is 2.31. The van der Waals surface area contributed by atoms with Gasteiger partial charge >= 0.3 is 18.0 Å². The maximum atomic E-state index is 13.0. The summed E-state index contributed by atoms with van der Waals surface area (Å²) < 4.78 is 78.8. The molecule has 2 N–H and O–H groups in total. The molecule has 14 heteroatoms. The topological polar surface area (TPSA) is 89.2 Å². The van der Waals surface area contributed by atoms with E-state index in [1.165, 1.54) is 30.3 Å². The number of aromatic nitrogens is 3. The first kappa shape index (κ1) is 27.3. The van der Waals surface area contributed by atoms with Gasteiger partial charge in [-0.15, -0.1) is 5.10 Å². The van der Waals surface area contributed by atoms with Crippen LogP contribution in [-0.4, -0.2) is 38.1 Å². The van der Waals surface area contributed by atoms with E-state index in [2.05, 4.69) is 10.4 Å². The van der Waals surface area contributed by atoms with Crippen molar-refractivity contribution >= 4 is 17.5 Å². The number of hydrogen-bond donors (Lipinski definition) is 2. The van der Waals surface area contributed by atoms with E-state index in [0.29, 0.717) is 9.70 Å². The normalized spacial score (nSPS) is 13.0. The number of nitrogens with one attached hydrogen (secondary N) is 1. The van der Waals surface area contributed by atoms with Crippen molar-refractivity contribution in [3.05, 3.63) is 75.2 Å². The molecule has 1 amide bonds. The van der Waals surface area contributed by atoms with Crippen molar-refractivity contribution in [3.8, 4) is 11.4 Å². The summed E-state index contributed by atoms with van der Waals surface area (Å²) in [6.45, 7) is -2.27. The fourth-order valence-corrected chi connectivity index (χ4v) is 3.46. The van der Waals surface area contributed by atoms with Crippen molar-refractivity contribution < 1.29 is 36.2 Å². The Balaban J connectivity index is 1.86. The van der Waals surface area contributed by atoms with E-state index in [4.69, 9.17) is 11.6 Å². The van der Waals surface area contributed by atoms with E-state index in [1.54, 1.807) is 0 Å². The van der Waals surface area contributed by atoms with Crippen LogP contribution in [0.3, 0.4) is 0 Å². The Hall–Kier alpha value is -3.32. The highest BCUT2D eigenvalue weighted by Crippen LogP contribution is 2.30. The molecule has 0 aliphatic heterocycles. The number of carbonyl (C=O) groups excluding carboxylic acids is 1. The van der Waals surface area contributed by atoms with Crippen LogP contribution in [0.2, 0.25) is 5.02 Å². The van der Waals surface area contributed by atoms with Crippen LogP contribution in [-0.2, 0) is 24.1 Å². The van der Waals surface area contributed by atoms with Crippen molar-refractivity contribution in [2.75, 3.05) is 6.61 Å². The quantitative estimate of drug-likeness (QED) is 0.423. The lowest BCUT2D eigenvalue weighted by molar-refractivity contribution is -0.138. The molecule has 1 atom stereocenters. The fourth-order valence-electron chi connectivity index (χ4n) is 3.34. The number of aliphatic hydroxyl groups is 1. The lowest BCUT2D eigenvalue weighted by atomic mass is 10.0. The Bertz CT molecular complexity index is 1270. The number of nitrogens with zero attached hydrogens (tertiary/aromatic N) is 3. The van der Waals surface area contributed by atoms with Crippen molar-refractivity contribution in [1.82, 2.24) is 19.7 Å². The standard InChI is InChI=1S/C22H19ClF6N4O3/c23-16-6-4-13(5-7-16)19-31-33(20(36)32(19)9-8-21(24,25)26)11-18(35)30-17(12-34)14-2-1-3-15(10-14)22(27,28)29/h1-7,10,17,34H,8-9,11-12H2,(H,30,35). The highest BCUT2D eigenvalue weighted by atomic mass is 35.5. The number of alkyl halides is 6. The summed E-state index contributed by atoms with van der Waals surface area (Å²) in [4.78, 5) is 25.3. The van der Waals surface area contributed by atoms with Gasteiger partial charge in [-0.25, -0.2) is 9.48 Å². The van der Waals surface area contributed by atoms with Crippen molar-refractivity contribution in [2.45, 2.75) is 37.9 Å². The number of hydrogen-bond acceptors (Lipinski definition) is 4. The summed E-state index contributed by atoms with van der Waals surface area (Å²) in [5.74, 6) is -1.04. The molecule has 3 aromatic rings. The predicted molar refractivity (Wildman–Crippen MR) is 117 cm³/mol. The number of aliphatic hydroxyl groups excluding tert-OH is 1. The Morgan fingerprint density at radius 2 is 1.75 bits per heavy atom. The first-order chi connectivity index (χ1) is 16.8. The van der Waals surface area contributed by atoms with Crippen LogP contribution >= 0.6 is 11.6 Å². The largest absolute Gasteiger partial charge is 0.416 e. The monoisotopic (exact) mass is 536 g/mol. The molecule has 2 aromatic carbocycles. The van der Waals surface area contributed by atoms with E-state index in [1.807, 2.05) is 0 Å². The molecule has 3 rings (SSSR count). The zero-order valence-corrected chi connectivity index (χ0v) is 19.0. The van der Waals surface area contributed by atoms with Gasteiger partial charge in [-0.3, -0.25) is 9.36 Å². The molecule has 1 aromatic heterocycles. The zero-order valence-electron chi connectivity index (χ0n) is 18.3. The molecular weight excluding hydrogens is 518 g/mol. The molecule has 7 nitrogen and oxygen atoms in total. The second-order valence-electron chi connectivity index (χ2n) is 7.71. The molecule has 1 heterocycles. The second-order valence-corrected chi connectivity index (χ2v) is 8.15. The average molecular weight is 537 g/mol. The molecule has 194 valence electrons. The molecule has 0 saturated carbocycles. The van der Waals surface area contributed by atoms with Gasteiger partial charge in [-0.05, 0) is 42.0 Å². The van der Waals surface area contributed by atoms with Gasteiger partial charge < -0.3 is 10.4 Å². The van der Waals surface area contributed by atoms with E-state index < -0.39 is 61.7 Å². The van der Waals surface area contributed by atoms with Gasteiger partial charge in [-0.1, -0.05) is 23.7 Å². The Kier molecular flexibility index (Phi) is 8.14. The predicted octanol–water partition coefficient (Wildman–Crippen LogP) is 4.19.